The SMILES string of the molecule is CCCCCCCCC1CC1CCCCCCCC(=O)OCCOCCOCC[N+](C)(C)C.[Cl-]. The van der Waals surface area contributed by atoms with Crippen molar-refractivity contribution in [2.45, 2.75) is 103 Å². The maximum atomic E-state index is 11.8. The number of unbranched alkanes of at least 4 members (excludes halogenated alkanes) is 9. The van der Waals surface area contributed by atoms with Crippen molar-refractivity contribution in [3.63, 3.8) is 0 Å². The maximum absolute atomic E-state index is 11.8. The summed E-state index contributed by atoms with van der Waals surface area (Å²) in [6.07, 6.45) is 19.5. The average Bonchev–Trinajstić information content (AvgIpc) is 3.51. The number of hydrogen-bond donors (Lipinski definition) is 0. The smallest absolute Gasteiger partial charge is 0.305 e. The van der Waals surface area contributed by atoms with E-state index in [1.54, 1.807) is 0 Å². The normalized spacial score (nSPS) is 17.4. The highest BCUT2D eigenvalue weighted by molar-refractivity contribution is 5.69. The molecule has 1 saturated carbocycles. The first-order valence-electron chi connectivity index (χ1n) is 14.0. The predicted octanol–water partition coefficient (Wildman–Crippen LogP) is 3.39. The van der Waals surface area contributed by atoms with E-state index in [1.807, 2.05) is 0 Å². The molecule has 0 bridgehead atoms. The number of esters is 1. The lowest BCUT2D eigenvalue weighted by molar-refractivity contribution is -0.870. The molecule has 34 heavy (non-hydrogen) atoms. The monoisotopic (exact) mass is 505 g/mol. The van der Waals surface area contributed by atoms with Crippen LogP contribution < -0.4 is 12.4 Å². The molecule has 1 aliphatic rings. The van der Waals surface area contributed by atoms with Gasteiger partial charge in [-0.05, 0) is 24.7 Å². The summed E-state index contributed by atoms with van der Waals surface area (Å²) in [5.41, 5.74) is 0. The Kier molecular flexibility index (Phi) is 21.7. The number of carbonyl (C=O) groups excluding carboxylic acids is 1. The van der Waals surface area contributed by atoms with Gasteiger partial charge in [0.15, 0.2) is 0 Å². The fraction of sp³-hybridized carbons (Fsp3) is 0.964. The lowest BCUT2D eigenvalue weighted by Gasteiger charge is -2.23. The van der Waals surface area contributed by atoms with Crippen molar-refractivity contribution < 1.29 is 35.9 Å². The van der Waals surface area contributed by atoms with Gasteiger partial charge in [0.05, 0.1) is 47.6 Å². The second-order valence-electron chi connectivity index (χ2n) is 11.1. The summed E-state index contributed by atoms with van der Waals surface area (Å²) in [6.45, 7) is 5.95. The van der Waals surface area contributed by atoms with E-state index in [-0.39, 0.29) is 18.4 Å². The second-order valence-corrected chi connectivity index (χ2v) is 11.1. The summed E-state index contributed by atoms with van der Waals surface area (Å²) in [5.74, 6) is 2.00. The first-order valence-corrected chi connectivity index (χ1v) is 14.0. The summed E-state index contributed by atoms with van der Waals surface area (Å²) in [6, 6.07) is 0. The molecule has 0 saturated heterocycles. The first kappa shape index (κ1) is 33.6. The summed E-state index contributed by atoms with van der Waals surface area (Å²) in [5, 5.41) is 0. The summed E-state index contributed by atoms with van der Waals surface area (Å²) in [7, 11) is 6.44. The molecule has 0 aromatic carbocycles. The number of ether oxygens (including phenoxy) is 3. The van der Waals surface area contributed by atoms with Gasteiger partial charge in [-0.25, -0.2) is 0 Å². The van der Waals surface area contributed by atoms with E-state index >= 15 is 0 Å². The van der Waals surface area contributed by atoms with E-state index in [0.29, 0.717) is 32.8 Å². The fourth-order valence-electron chi connectivity index (χ4n) is 4.36. The molecule has 0 radical (unpaired) electrons. The molecule has 0 spiro atoms. The Morgan fingerprint density at radius 2 is 1.21 bits per heavy atom. The van der Waals surface area contributed by atoms with Crippen LogP contribution in [0.4, 0.5) is 0 Å². The van der Waals surface area contributed by atoms with E-state index in [2.05, 4.69) is 28.1 Å². The molecular formula is C28H56ClNO4. The number of hydrogen-bond acceptors (Lipinski definition) is 4. The van der Waals surface area contributed by atoms with Crippen LogP contribution in [0.15, 0.2) is 0 Å². The minimum absolute atomic E-state index is 0. The quantitative estimate of drug-likeness (QED) is 0.115. The zero-order chi connectivity index (χ0) is 24.2. The van der Waals surface area contributed by atoms with Crippen LogP contribution in [-0.4, -0.2) is 71.2 Å². The molecule has 0 aromatic rings. The van der Waals surface area contributed by atoms with Gasteiger partial charge < -0.3 is 31.1 Å². The molecule has 1 rings (SSSR count). The van der Waals surface area contributed by atoms with Crippen LogP contribution in [0.3, 0.4) is 0 Å². The van der Waals surface area contributed by atoms with Crippen molar-refractivity contribution in [1.82, 2.24) is 0 Å². The summed E-state index contributed by atoms with van der Waals surface area (Å²) >= 11 is 0. The standard InChI is InChI=1S/C28H56NO4.ClH/c1-5-6-7-8-10-13-16-26-25-27(26)17-14-11-9-12-15-18-28(30)33-24-23-32-22-21-31-20-19-29(2,3)4;/h26-27H,5-25H2,1-4H3;1H/q+1;/p-1. The Labute approximate surface area is 217 Å². The van der Waals surface area contributed by atoms with Crippen LogP contribution in [0.1, 0.15) is 103 Å². The highest BCUT2D eigenvalue weighted by Gasteiger charge is 2.34. The van der Waals surface area contributed by atoms with Gasteiger partial charge in [0.1, 0.15) is 13.2 Å². The highest BCUT2D eigenvalue weighted by Crippen LogP contribution is 2.45. The molecule has 0 aliphatic heterocycles. The molecule has 5 nitrogen and oxygen atoms in total. The van der Waals surface area contributed by atoms with Crippen molar-refractivity contribution in [3.8, 4) is 0 Å². The van der Waals surface area contributed by atoms with Crippen LogP contribution in [0, 0.1) is 11.8 Å². The molecule has 6 heteroatoms. The zero-order valence-corrected chi connectivity index (χ0v) is 23.7. The van der Waals surface area contributed by atoms with E-state index in [4.69, 9.17) is 14.2 Å². The predicted molar refractivity (Wildman–Crippen MR) is 137 cm³/mol. The zero-order valence-electron chi connectivity index (χ0n) is 23.0. The molecule has 0 N–H and O–H groups in total. The van der Waals surface area contributed by atoms with Crippen molar-refractivity contribution in [1.29, 1.82) is 0 Å². The minimum atomic E-state index is -0.0895. The number of quaternary nitrogens is 1. The van der Waals surface area contributed by atoms with Crippen molar-refractivity contribution in [2.24, 2.45) is 11.8 Å². The lowest BCUT2D eigenvalue weighted by atomic mass is 10.0. The molecule has 0 heterocycles. The number of halogens is 1. The van der Waals surface area contributed by atoms with Crippen molar-refractivity contribution in [3.05, 3.63) is 0 Å². The molecule has 0 aromatic heterocycles. The van der Waals surface area contributed by atoms with Gasteiger partial charge in [-0.3, -0.25) is 4.79 Å². The Morgan fingerprint density at radius 3 is 1.79 bits per heavy atom. The molecule has 1 aliphatic carbocycles. The van der Waals surface area contributed by atoms with E-state index in [1.165, 1.54) is 77.0 Å². The van der Waals surface area contributed by atoms with Crippen LogP contribution in [0.25, 0.3) is 0 Å². The molecule has 204 valence electrons. The van der Waals surface area contributed by atoms with Crippen LogP contribution in [0.5, 0.6) is 0 Å². The topological polar surface area (TPSA) is 44.8 Å². The Morgan fingerprint density at radius 1 is 0.706 bits per heavy atom. The molecule has 1 fully saturated rings. The van der Waals surface area contributed by atoms with Gasteiger partial charge in [-0.1, -0.05) is 84.0 Å². The number of likely N-dealkylation sites (N-methyl/N-ethyl adjacent to an activating group) is 1. The first-order chi connectivity index (χ1) is 15.9. The fourth-order valence-corrected chi connectivity index (χ4v) is 4.36. The number of carbonyl (C=O) groups is 1. The Bertz CT molecular complexity index is 470. The minimum Gasteiger partial charge on any atom is -1.00 e. The van der Waals surface area contributed by atoms with E-state index < -0.39 is 0 Å². The molecule has 0 amide bonds. The van der Waals surface area contributed by atoms with Gasteiger partial charge in [0.2, 0.25) is 0 Å². The van der Waals surface area contributed by atoms with Crippen molar-refractivity contribution >= 4 is 5.97 Å². The van der Waals surface area contributed by atoms with Gasteiger partial charge in [0, 0.05) is 6.42 Å². The molecular weight excluding hydrogens is 450 g/mol. The highest BCUT2D eigenvalue weighted by atomic mass is 35.5. The summed E-state index contributed by atoms with van der Waals surface area (Å²) < 4.78 is 17.1. The average molecular weight is 506 g/mol. The maximum Gasteiger partial charge on any atom is 0.305 e. The molecule has 2 atom stereocenters. The third-order valence-electron chi connectivity index (χ3n) is 6.72. The second kappa shape index (κ2) is 21.9. The van der Waals surface area contributed by atoms with Gasteiger partial charge in [0.25, 0.3) is 0 Å². The Balaban J connectivity index is 0.0000109. The number of rotatable bonds is 24. The van der Waals surface area contributed by atoms with Crippen molar-refractivity contribution in [2.75, 3.05) is 60.7 Å². The van der Waals surface area contributed by atoms with Gasteiger partial charge in [-0.15, -0.1) is 0 Å². The van der Waals surface area contributed by atoms with Crippen LogP contribution >= 0.6 is 0 Å². The van der Waals surface area contributed by atoms with E-state index in [0.717, 1.165) is 42.3 Å². The largest absolute Gasteiger partial charge is 1.00 e. The summed E-state index contributed by atoms with van der Waals surface area (Å²) in [4.78, 5) is 11.8. The number of nitrogens with zero attached hydrogens (tertiary/aromatic N) is 1. The van der Waals surface area contributed by atoms with E-state index in [9.17, 15) is 4.79 Å². The molecule has 2 unspecified atom stereocenters. The Hall–Kier alpha value is -0.360. The third-order valence-corrected chi connectivity index (χ3v) is 6.72. The van der Waals surface area contributed by atoms with Gasteiger partial charge in [-0.2, -0.15) is 0 Å². The lowest BCUT2D eigenvalue weighted by Crippen LogP contribution is -3.00. The van der Waals surface area contributed by atoms with Crippen LogP contribution in [-0.2, 0) is 19.0 Å². The van der Waals surface area contributed by atoms with Crippen LogP contribution in [0.2, 0.25) is 0 Å². The van der Waals surface area contributed by atoms with Gasteiger partial charge >= 0.3 is 5.97 Å². The third kappa shape index (κ3) is 22.1.